The molecular weight excluding hydrogens is 280 g/mol. The number of aromatic nitrogens is 1. The number of benzene rings is 2. The zero-order valence-corrected chi connectivity index (χ0v) is 12.6. The summed E-state index contributed by atoms with van der Waals surface area (Å²) in [5, 5.41) is 0.700. The van der Waals surface area contributed by atoms with Crippen LogP contribution in [0.3, 0.4) is 0 Å². The smallest absolute Gasteiger partial charge is 0.274 e. The molecule has 3 aromatic rings. The Morgan fingerprint density at radius 1 is 1.05 bits per heavy atom. The van der Waals surface area contributed by atoms with Gasteiger partial charge in [-0.1, -0.05) is 53.8 Å². The number of para-hydroxylation sites is 1. The van der Waals surface area contributed by atoms with Crippen LogP contribution in [0.4, 0.5) is 0 Å². The van der Waals surface area contributed by atoms with E-state index in [1.807, 2.05) is 24.3 Å². The standard InChI is InChI=1S/C17H18N2OS/c18-14(11-10-13-6-2-1-3-7-13)12-20-17-19-15-8-4-5-9-16(15)21-17/h1-9,14H,10-12,18H2/t14-/m1/s1. The SMILES string of the molecule is N[C@H](CCc1ccccc1)COc1nc2ccccc2s1. The van der Waals surface area contributed by atoms with E-state index in [2.05, 4.69) is 35.3 Å². The molecule has 0 bridgehead atoms. The molecule has 0 aliphatic rings. The van der Waals surface area contributed by atoms with Crippen LogP contribution in [0.1, 0.15) is 12.0 Å². The lowest BCUT2D eigenvalue weighted by Crippen LogP contribution is -2.28. The predicted molar refractivity (Wildman–Crippen MR) is 87.9 cm³/mol. The molecule has 0 aliphatic carbocycles. The van der Waals surface area contributed by atoms with Gasteiger partial charge < -0.3 is 10.5 Å². The Bertz CT molecular complexity index is 663. The number of ether oxygens (including phenoxy) is 1. The lowest BCUT2D eigenvalue weighted by molar-refractivity contribution is 0.281. The lowest BCUT2D eigenvalue weighted by atomic mass is 10.1. The van der Waals surface area contributed by atoms with Gasteiger partial charge in [-0.05, 0) is 30.5 Å². The maximum atomic E-state index is 6.12. The van der Waals surface area contributed by atoms with E-state index in [0.717, 1.165) is 23.1 Å². The van der Waals surface area contributed by atoms with E-state index in [0.29, 0.717) is 11.8 Å². The van der Waals surface area contributed by atoms with Gasteiger partial charge in [-0.3, -0.25) is 0 Å². The van der Waals surface area contributed by atoms with Crippen molar-refractivity contribution < 1.29 is 4.74 Å². The minimum atomic E-state index is 0.0252. The summed E-state index contributed by atoms with van der Waals surface area (Å²) in [5.41, 5.74) is 8.41. The molecule has 2 N–H and O–H groups in total. The van der Waals surface area contributed by atoms with Gasteiger partial charge in [0.1, 0.15) is 6.61 Å². The Kier molecular flexibility index (Phi) is 4.48. The molecule has 0 unspecified atom stereocenters. The summed E-state index contributed by atoms with van der Waals surface area (Å²) in [4.78, 5) is 4.44. The van der Waals surface area contributed by atoms with Crippen LogP contribution in [0.25, 0.3) is 10.2 Å². The Hall–Kier alpha value is -1.91. The van der Waals surface area contributed by atoms with Gasteiger partial charge in [0.2, 0.25) is 0 Å². The van der Waals surface area contributed by atoms with Crippen molar-refractivity contribution in [2.45, 2.75) is 18.9 Å². The Morgan fingerprint density at radius 2 is 1.81 bits per heavy atom. The predicted octanol–water partition coefficient (Wildman–Crippen LogP) is 3.64. The maximum Gasteiger partial charge on any atom is 0.274 e. The molecule has 108 valence electrons. The summed E-state index contributed by atoms with van der Waals surface area (Å²) in [7, 11) is 0. The van der Waals surface area contributed by atoms with Crippen LogP contribution in [-0.2, 0) is 6.42 Å². The molecule has 0 amide bonds. The minimum Gasteiger partial charge on any atom is -0.468 e. The molecule has 1 atom stereocenters. The molecule has 3 nitrogen and oxygen atoms in total. The van der Waals surface area contributed by atoms with Crippen LogP contribution >= 0.6 is 11.3 Å². The van der Waals surface area contributed by atoms with Gasteiger partial charge in [0, 0.05) is 6.04 Å². The van der Waals surface area contributed by atoms with Gasteiger partial charge >= 0.3 is 0 Å². The first-order valence-electron chi connectivity index (χ1n) is 7.09. The highest BCUT2D eigenvalue weighted by molar-refractivity contribution is 7.20. The summed E-state index contributed by atoms with van der Waals surface area (Å²) >= 11 is 1.56. The highest BCUT2D eigenvalue weighted by Gasteiger charge is 2.08. The molecule has 4 heteroatoms. The summed E-state index contributed by atoms with van der Waals surface area (Å²) in [5.74, 6) is 0. The molecule has 0 saturated carbocycles. The molecule has 0 aliphatic heterocycles. The van der Waals surface area contributed by atoms with Crippen molar-refractivity contribution in [1.82, 2.24) is 4.98 Å². The minimum absolute atomic E-state index is 0.0252. The van der Waals surface area contributed by atoms with Crippen molar-refractivity contribution >= 4 is 21.6 Å². The van der Waals surface area contributed by atoms with Crippen LogP contribution in [0.15, 0.2) is 54.6 Å². The largest absolute Gasteiger partial charge is 0.468 e. The van der Waals surface area contributed by atoms with Crippen molar-refractivity contribution in [3.63, 3.8) is 0 Å². The third kappa shape index (κ3) is 3.80. The van der Waals surface area contributed by atoms with Crippen molar-refractivity contribution in [3.05, 3.63) is 60.2 Å². The van der Waals surface area contributed by atoms with Crippen molar-refractivity contribution in [2.24, 2.45) is 5.73 Å². The number of nitrogens with zero attached hydrogens (tertiary/aromatic N) is 1. The average molecular weight is 298 g/mol. The van der Waals surface area contributed by atoms with Crippen LogP contribution in [0.2, 0.25) is 0 Å². The second kappa shape index (κ2) is 6.70. The number of hydrogen-bond donors (Lipinski definition) is 1. The zero-order chi connectivity index (χ0) is 14.5. The summed E-state index contributed by atoms with van der Waals surface area (Å²) < 4.78 is 6.87. The first kappa shape index (κ1) is 14.0. The van der Waals surface area contributed by atoms with Crippen LogP contribution in [0, 0.1) is 0 Å². The van der Waals surface area contributed by atoms with E-state index in [9.17, 15) is 0 Å². The summed E-state index contributed by atoms with van der Waals surface area (Å²) in [6, 6.07) is 18.5. The fourth-order valence-electron chi connectivity index (χ4n) is 2.17. The van der Waals surface area contributed by atoms with Gasteiger partial charge in [0.25, 0.3) is 5.19 Å². The molecular formula is C17H18N2OS. The third-order valence-corrected chi connectivity index (χ3v) is 4.29. The number of rotatable bonds is 6. The molecule has 0 radical (unpaired) electrons. The fourth-order valence-corrected chi connectivity index (χ4v) is 3.00. The molecule has 21 heavy (non-hydrogen) atoms. The Balaban J connectivity index is 1.50. The van der Waals surface area contributed by atoms with E-state index in [1.54, 1.807) is 11.3 Å². The lowest BCUT2D eigenvalue weighted by Gasteiger charge is -2.11. The van der Waals surface area contributed by atoms with Gasteiger partial charge in [0.15, 0.2) is 0 Å². The number of nitrogens with two attached hydrogens (primary N) is 1. The fraction of sp³-hybridized carbons (Fsp3) is 0.235. The number of fused-ring (bicyclic) bond motifs is 1. The molecule has 3 rings (SSSR count). The van der Waals surface area contributed by atoms with E-state index in [4.69, 9.17) is 10.5 Å². The second-order valence-corrected chi connectivity index (χ2v) is 6.04. The first-order valence-corrected chi connectivity index (χ1v) is 7.91. The molecule has 1 heterocycles. The topological polar surface area (TPSA) is 48.1 Å². The highest BCUT2D eigenvalue weighted by Crippen LogP contribution is 2.27. The highest BCUT2D eigenvalue weighted by atomic mass is 32.1. The third-order valence-electron chi connectivity index (χ3n) is 3.34. The molecule has 0 fully saturated rings. The number of thiazole rings is 1. The number of hydrogen-bond acceptors (Lipinski definition) is 4. The molecule has 0 saturated heterocycles. The van der Waals surface area contributed by atoms with Crippen LogP contribution < -0.4 is 10.5 Å². The van der Waals surface area contributed by atoms with E-state index < -0.39 is 0 Å². The average Bonchev–Trinajstić information content (AvgIpc) is 2.95. The van der Waals surface area contributed by atoms with Crippen LogP contribution in [0.5, 0.6) is 5.19 Å². The molecule has 1 aromatic heterocycles. The van der Waals surface area contributed by atoms with Crippen molar-refractivity contribution in [2.75, 3.05) is 6.61 Å². The van der Waals surface area contributed by atoms with Crippen molar-refractivity contribution in [1.29, 1.82) is 0 Å². The zero-order valence-electron chi connectivity index (χ0n) is 11.7. The normalized spacial score (nSPS) is 12.4. The van der Waals surface area contributed by atoms with Crippen LogP contribution in [-0.4, -0.2) is 17.6 Å². The second-order valence-electron chi connectivity index (χ2n) is 5.04. The number of aryl methyl sites for hydroxylation is 1. The van der Waals surface area contributed by atoms with Gasteiger partial charge in [-0.15, -0.1) is 0 Å². The van der Waals surface area contributed by atoms with Gasteiger partial charge in [0.05, 0.1) is 10.2 Å². The summed E-state index contributed by atoms with van der Waals surface area (Å²) in [6.45, 7) is 0.507. The van der Waals surface area contributed by atoms with Gasteiger partial charge in [-0.2, -0.15) is 0 Å². The Labute approximate surface area is 128 Å². The monoisotopic (exact) mass is 298 g/mol. The quantitative estimate of drug-likeness (QED) is 0.756. The Morgan fingerprint density at radius 3 is 2.62 bits per heavy atom. The molecule has 2 aromatic carbocycles. The van der Waals surface area contributed by atoms with E-state index in [1.165, 1.54) is 5.56 Å². The van der Waals surface area contributed by atoms with Gasteiger partial charge in [-0.25, -0.2) is 4.98 Å². The van der Waals surface area contributed by atoms with E-state index in [-0.39, 0.29) is 6.04 Å². The summed E-state index contributed by atoms with van der Waals surface area (Å²) in [6.07, 6.45) is 1.89. The van der Waals surface area contributed by atoms with E-state index >= 15 is 0 Å². The first-order chi connectivity index (χ1) is 10.3. The van der Waals surface area contributed by atoms with Crippen molar-refractivity contribution in [3.8, 4) is 5.19 Å². The molecule has 0 spiro atoms. The maximum absolute atomic E-state index is 6.12.